The Hall–Kier alpha value is -1.62. The first-order valence-electron chi connectivity index (χ1n) is 7.80. The van der Waals surface area contributed by atoms with Crippen molar-refractivity contribution in [1.82, 2.24) is 20.1 Å². The number of pyridine rings is 1. The molecule has 5 nitrogen and oxygen atoms in total. The van der Waals surface area contributed by atoms with Crippen molar-refractivity contribution < 1.29 is 4.79 Å². The summed E-state index contributed by atoms with van der Waals surface area (Å²) in [4.78, 5) is 20.5. The van der Waals surface area contributed by atoms with Crippen LogP contribution in [0, 0.1) is 19.8 Å². The Morgan fingerprint density at radius 1 is 1.23 bits per heavy atom. The highest BCUT2D eigenvalue weighted by Crippen LogP contribution is 2.08. The lowest BCUT2D eigenvalue weighted by atomic mass is 10.0. The van der Waals surface area contributed by atoms with Gasteiger partial charge in [-0.2, -0.15) is 0 Å². The molecule has 0 spiro atoms. The molecule has 1 atom stereocenters. The molecule has 124 valence electrons. The van der Waals surface area contributed by atoms with E-state index in [9.17, 15) is 4.79 Å². The Bertz CT molecular complexity index is 471. The van der Waals surface area contributed by atoms with Crippen LogP contribution >= 0.6 is 0 Å². The maximum absolute atomic E-state index is 12.2. The van der Waals surface area contributed by atoms with Crippen molar-refractivity contribution in [2.24, 2.45) is 5.92 Å². The first kappa shape index (κ1) is 18.4. The number of aromatic nitrogens is 1. The number of amides is 2. The van der Waals surface area contributed by atoms with E-state index in [2.05, 4.69) is 29.0 Å². The molecule has 0 saturated heterocycles. The second-order valence-electron chi connectivity index (χ2n) is 6.59. The van der Waals surface area contributed by atoms with E-state index in [0.29, 0.717) is 25.0 Å². The average molecular weight is 306 g/mol. The maximum Gasteiger partial charge on any atom is 0.317 e. The van der Waals surface area contributed by atoms with E-state index in [0.717, 1.165) is 11.4 Å². The number of nitrogens with one attached hydrogen (secondary N) is 1. The van der Waals surface area contributed by atoms with Gasteiger partial charge < -0.3 is 15.1 Å². The largest absolute Gasteiger partial charge is 0.336 e. The molecule has 1 unspecified atom stereocenters. The number of hydrogen-bond donors (Lipinski definition) is 1. The van der Waals surface area contributed by atoms with Crippen molar-refractivity contribution in [2.75, 3.05) is 27.7 Å². The highest BCUT2D eigenvalue weighted by Gasteiger charge is 2.18. The minimum Gasteiger partial charge on any atom is -0.336 e. The van der Waals surface area contributed by atoms with E-state index >= 15 is 0 Å². The Morgan fingerprint density at radius 3 is 2.36 bits per heavy atom. The molecule has 0 aliphatic carbocycles. The van der Waals surface area contributed by atoms with Gasteiger partial charge in [0.25, 0.3) is 0 Å². The summed E-state index contributed by atoms with van der Waals surface area (Å²) in [6.45, 7) is 9.51. The van der Waals surface area contributed by atoms with E-state index in [1.807, 2.05) is 40.1 Å². The topological polar surface area (TPSA) is 48.5 Å². The van der Waals surface area contributed by atoms with Gasteiger partial charge in [-0.05, 0) is 51.6 Å². The van der Waals surface area contributed by atoms with Crippen LogP contribution in [0.5, 0.6) is 0 Å². The van der Waals surface area contributed by atoms with Gasteiger partial charge in [0.05, 0.1) is 12.2 Å². The third kappa shape index (κ3) is 5.64. The van der Waals surface area contributed by atoms with Gasteiger partial charge in [-0.25, -0.2) is 4.79 Å². The Labute approximate surface area is 134 Å². The summed E-state index contributed by atoms with van der Waals surface area (Å²) in [7, 11) is 5.88. The number of hydrogen-bond acceptors (Lipinski definition) is 3. The molecule has 0 fully saturated rings. The van der Waals surface area contributed by atoms with Gasteiger partial charge in [0.2, 0.25) is 0 Å². The molecule has 1 aromatic heterocycles. The van der Waals surface area contributed by atoms with Crippen LogP contribution in [0.2, 0.25) is 0 Å². The van der Waals surface area contributed by atoms with Crippen molar-refractivity contribution in [3.05, 3.63) is 29.1 Å². The fraction of sp³-hybridized carbons (Fsp3) is 0.647. The molecule has 0 aliphatic rings. The van der Waals surface area contributed by atoms with Crippen LogP contribution in [0.4, 0.5) is 4.79 Å². The molecule has 1 aromatic rings. The monoisotopic (exact) mass is 306 g/mol. The molecule has 0 aromatic carbocycles. The first-order valence-corrected chi connectivity index (χ1v) is 7.80. The summed E-state index contributed by atoms with van der Waals surface area (Å²) in [5.74, 6) is 0.488. The van der Waals surface area contributed by atoms with Gasteiger partial charge in [0.15, 0.2) is 0 Å². The highest BCUT2D eigenvalue weighted by atomic mass is 16.2. The molecule has 5 heteroatoms. The second-order valence-corrected chi connectivity index (χ2v) is 6.59. The summed E-state index contributed by atoms with van der Waals surface area (Å²) in [5, 5.41) is 3.01. The molecule has 0 bridgehead atoms. The number of aryl methyl sites for hydroxylation is 2. The molecule has 0 radical (unpaired) electrons. The Balaban J connectivity index is 2.58. The minimum absolute atomic E-state index is 0.0616. The van der Waals surface area contributed by atoms with Gasteiger partial charge in [-0.1, -0.05) is 13.8 Å². The zero-order chi connectivity index (χ0) is 16.9. The normalized spacial score (nSPS) is 12.6. The number of urea groups is 1. The van der Waals surface area contributed by atoms with E-state index in [-0.39, 0.29) is 6.03 Å². The lowest BCUT2D eigenvalue weighted by Gasteiger charge is -2.29. The van der Waals surface area contributed by atoms with Crippen LogP contribution < -0.4 is 5.32 Å². The summed E-state index contributed by atoms with van der Waals surface area (Å²) < 4.78 is 0. The molecule has 1 heterocycles. The van der Waals surface area contributed by atoms with Gasteiger partial charge in [-0.3, -0.25) is 4.98 Å². The zero-order valence-electron chi connectivity index (χ0n) is 15.0. The summed E-state index contributed by atoms with van der Waals surface area (Å²) in [6, 6.07) is 4.33. The number of carbonyl (C=O) groups is 1. The van der Waals surface area contributed by atoms with Crippen LogP contribution in [-0.2, 0) is 6.54 Å². The summed E-state index contributed by atoms with van der Waals surface area (Å²) in [5.41, 5.74) is 3.07. The van der Waals surface area contributed by atoms with Crippen LogP contribution in [0.25, 0.3) is 0 Å². The smallest absolute Gasteiger partial charge is 0.317 e. The molecule has 1 N–H and O–H groups in total. The predicted octanol–water partition coefficient (Wildman–Crippen LogP) is 2.43. The van der Waals surface area contributed by atoms with Crippen molar-refractivity contribution in [3.8, 4) is 0 Å². The third-order valence-corrected chi connectivity index (χ3v) is 3.79. The third-order valence-electron chi connectivity index (χ3n) is 3.79. The lowest BCUT2D eigenvalue weighted by Crippen LogP contribution is -2.46. The Kier molecular flexibility index (Phi) is 6.81. The average Bonchev–Trinajstić information content (AvgIpc) is 2.36. The molecule has 1 rings (SSSR count). The van der Waals surface area contributed by atoms with Crippen molar-refractivity contribution in [1.29, 1.82) is 0 Å². The lowest BCUT2D eigenvalue weighted by molar-refractivity contribution is 0.190. The van der Waals surface area contributed by atoms with Gasteiger partial charge in [0, 0.05) is 25.3 Å². The number of carbonyl (C=O) groups excluding carboxylic acids is 1. The molecular formula is C17H30N4O. The first-order chi connectivity index (χ1) is 10.2. The zero-order valence-corrected chi connectivity index (χ0v) is 15.0. The van der Waals surface area contributed by atoms with Gasteiger partial charge >= 0.3 is 6.03 Å². The summed E-state index contributed by atoms with van der Waals surface area (Å²) >= 11 is 0. The Morgan fingerprint density at radius 2 is 1.86 bits per heavy atom. The molecule has 2 amide bonds. The van der Waals surface area contributed by atoms with Crippen LogP contribution in [-0.4, -0.2) is 54.5 Å². The van der Waals surface area contributed by atoms with E-state index in [1.165, 1.54) is 5.56 Å². The van der Waals surface area contributed by atoms with Crippen LogP contribution in [0.15, 0.2) is 12.1 Å². The SMILES string of the molecule is Cc1cc(C)nc(CN(C)C(=O)NCC(C(C)C)N(C)C)c1. The van der Waals surface area contributed by atoms with E-state index in [4.69, 9.17) is 0 Å². The molecule has 0 aliphatic heterocycles. The molecular weight excluding hydrogens is 276 g/mol. The van der Waals surface area contributed by atoms with Gasteiger partial charge in [-0.15, -0.1) is 0 Å². The summed E-state index contributed by atoms with van der Waals surface area (Å²) in [6.07, 6.45) is 0. The maximum atomic E-state index is 12.2. The van der Waals surface area contributed by atoms with Crippen LogP contribution in [0.1, 0.15) is 30.8 Å². The van der Waals surface area contributed by atoms with E-state index in [1.54, 1.807) is 11.9 Å². The van der Waals surface area contributed by atoms with Gasteiger partial charge in [0.1, 0.15) is 0 Å². The second kappa shape index (κ2) is 8.13. The fourth-order valence-corrected chi connectivity index (χ4v) is 2.66. The minimum atomic E-state index is -0.0616. The fourth-order valence-electron chi connectivity index (χ4n) is 2.66. The van der Waals surface area contributed by atoms with Crippen molar-refractivity contribution in [3.63, 3.8) is 0 Å². The standard InChI is InChI=1S/C17H30N4O/c1-12(2)16(20(5)6)10-18-17(22)21(7)11-15-9-13(3)8-14(4)19-15/h8-9,12,16H,10-11H2,1-7H3,(H,18,22). The number of nitrogens with zero attached hydrogens (tertiary/aromatic N) is 3. The van der Waals surface area contributed by atoms with Crippen molar-refractivity contribution in [2.45, 2.75) is 40.3 Å². The molecule has 22 heavy (non-hydrogen) atoms. The number of rotatable bonds is 6. The number of likely N-dealkylation sites (N-methyl/N-ethyl adjacent to an activating group) is 1. The predicted molar refractivity (Wildman–Crippen MR) is 90.9 cm³/mol. The van der Waals surface area contributed by atoms with Crippen molar-refractivity contribution >= 4 is 6.03 Å². The highest BCUT2D eigenvalue weighted by molar-refractivity contribution is 5.73. The quantitative estimate of drug-likeness (QED) is 0.878. The van der Waals surface area contributed by atoms with E-state index < -0.39 is 0 Å². The van der Waals surface area contributed by atoms with Crippen LogP contribution in [0.3, 0.4) is 0 Å². The molecule has 0 saturated carbocycles.